The molecule has 0 bridgehead atoms. The Morgan fingerprint density at radius 2 is 2.00 bits per heavy atom. The number of nitrogen functional groups attached to an aromatic ring is 1. The van der Waals surface area contributed by atoms with Gasteiger partial charge in [0.05, 0.1) is 0 Å². The minimum atomic E-state index is 0.809. The van der Waals surface area contributed by atoms with Crippen molar-refractivity contribution in [1.82, 2.24) is 0 Å². The molecule has 0 fully saturated rings. The van der Waals surface area contributed by atoms with Gasteiger partial charge in [-0.05, 0) is 30.7 Å². The molecule has 0 aliphatic carbocycles. The van der Waals surface area contributed by atoms with Gasteiger partial charge in [0.1, 0.15) is 0 Å². The van der Waals surface area contributed by atoms with Crippen molar-refractivity contribution >= 4 is 23.3 Å². The third kappa shape index (κ3) is 4.08. The van der Waals surface area contributed by atoms with Crippen LogP contribution in [-0.4, -0.2) is 5.75 Å². The van der Waals surface area contributed by atoms with Crippen molar-refractivity contribution in [2.24, 2.45) is 0 Å². The standard InChI is InChI=1S/C10H16N2S/c1-2-3-8-13-12-10-6-4-9(11)5-7-10/h4-7,12H,2-3,8,11H2,1H3. The van der Waals surface area contributed by atoms with Crippen molar-refractivity contribution in [3.05, 3.63) is 24.3 Å². The van der Waals surface area contributed by atoms with Gasteiger partial charge in [0.25, 0.3) is 0 Å². The maximum Gasteiger partial charge on any atom is 0.0441 e. The van der Waals surface area contributed by atoms with Crippen LogP contribution in [0.5, 0.6) is 0 Å². The maximum atomic E-state index is 5.57. The maximum absolute atomic E-state index is 5.57. The fourth-order valence-corrected chi connectivity index (χ4v) is 1.74. The van der Waals surface area contributed by atoms with E-state index in [1.54, 1.807) is 11.9 Å². The van der Waals surface area contributed by atoms with Gasteiger partial charge in [0.15, 0.2) is 0 Å². The number of rotatable bonds is 5. The zero-order chi connectivity index (χ0) is 9.52. The Balaban J connectivity index is 2.25. The monoisotopic (exact) mass is 196 g/mol. The van der Waals surface area contributed by atoms with Gasteiger partial charge >= 0.3 is 0 Å². The molecular weight excluding hydrogens is 180 g/mol. The van der Waals surface area contributed by atoms with E-state index in [1.165, 1.54) is 12.8 Å². The van der Waals surface area contributed by atoms with Crippen LogP contribution >= 0.6 is 11.9 Å². The highest BCUT2D eigenvalue weighted by molar-refractivity contribution is 8.00. The van der Waals surface area contributed by atoms with E-state index in [-0.39, 0.29) is 0 Å². The van der Waals surface area contributed by atoms with E-state index in [0.29, 0.717) is 0 Å². The van der Waals surface area contributed by atoms with E-state index in [9.17, 15) is 0 Å². The first-order chi connectivity index (χ1) is 6.33. The molecular formula is C10H16N2S. The molecule has 0 aliphatic heterocycles. The second-order valence-corrected chi connectivity index (χ2v) is 3.83. The number of anilines is 2. The molecule has 0 spiro atoms. The van der Waals surface area contributed by atoms with Crippen LogP contribution in [-0.2, 0) is 0 Å². The molecule has 13 heavy (non-hydrogen) atoms. The molecule has 1 aromatic rings. The highest BCUT2D eigenvalue weighted by Crippen LogP contribution is 2.15. The predicted molar refractivity (Wildman–Crippen MR) is 61.8 cm³/mol. The van der Waals surface area contributed by atoms with Crippen LogP contribution in [0, 0.1) is 0 Å². The van der Waals surface area contributed by atoms with E-state index in [4.69, 9.17) is 5.73 Å². The summed E-state index contributed by atoms with van der Waals surface area (Å²) in [5.74, 6) is 1.15. The highest BCUT2D eigenvalue weighted by atomic mass is 32.2. The summed E-state index contributed by atoms with van der Waals surface area (Å²) >= 11 is 1.75. The summed E-state index contributed by atoms with van der Waals surface area (Å²) in [6.45, 7) is 2.20. The van der Waals surface area contributed by atoms with Crippen molar-refractivity contribution in [2.45, 2.75) is 19.8 Å². The molecule has 0 saturated heterocycles. The summed E-state index contributed by atoms with van der Waals surface area (Å²) in [5, 5.41) is 0. The number of hydrogen-bond donors (Lipinski definition) is 2. The number of nitrogens with two attached hydrogens (primary N) is 1. The Hall–Kier alpha value is -0.830. The molecule has 72 valence electrons. The van der Waals surface area contributed by atoms with Crippen molar-refractivity contribution in [3.8, 4) is 0 Å². The first-order valence-electron chi connectivity index (χ1n) is 4.56. The fraction of sp³-hybridized carbons (Fsp3) is 0.400. The Morgan fingerprint density at radius 3 is 2.62 bits per heavy atom. The molecule has 0 saturated carbocycles. The Bertz CT molecular complexity index is 233. The fourth-order valence-electron chi connectivity index (χ4n) is 0.902. The summed E-state index contributed by atoms with van der Waals surface area (Å²) in [7, 11) is 0. The van der Waals surface area contributed by atoms with Crippen LogP contribution in [0.15, 0.2) is 24.3 Å². The molecule has 1 aromatic carbocycles. The predicted octanol–water partition coefficient (Wildman–Crippen LogP) is 3.13. The lowest BCUT2D eigenvalue weighted by Crippen LogP contribution is -1.90. The smallest absolute Gasteiger partial charge is 0.0441 e. The molecule has 1 rings (SSSR count). The van der Waals surface area contributed by atoms with Crippen LogP contribution in [0.3, 0.4) is 0 Å². The van der Waals surface area contributed by atoms with E-state index >= 15 is 0 Å². The van der Waals surface area contributed by atoms with Gasteiger partial charge in [0.2, 0.25) is 0 Å². The number of unbranched alkanes of at least 4 members (excludes halogenated alkanes) is 1. The van der Waals surface area contributed by atoms with Crippen molar-refractivity contribution in [1.29, 1.82) is 0 Å². The minimum Gasteiger partial charge on any atom is -0.399 e. The van der Waals surface area contributed by atoms with E-state index in [2.05, 4.69) is 11.6 Å². The van der Waals surface area contributed by atoms with Gasteiger partial charge in [-0.15, -0.1) is 0 Å². The molecule has 0 unspecified atom stereocenters. The SMILES string of the molecule is CCCCSNc1ccc(N)cc1. The van der Waals surface area contributed by atoms with Crippen molar-refractivity contribution in [3.63, 3.8) is 0 Å². The van der Waals surface area contributed by atoms with Crippen molar-refractivity contribution < 1.29 is 0 Å². The first-order valence-corrected chi connectivity index (χ1v) is 5.55. The summed E-state index contributed by atoms with van der Waals surface area (Å²) in [6, 6.07) is 7.80. The number of hydrogen-bond acceptors (Lipinski definition) is 3. The topological polar surface area (TPSA) is 38.0 Å². The van der Waals surface area contributed by atoms with Gasteiger partial charge in [-0.3, -0.25) is 0 Å². The van der Waals surface area contributed by atoms with E-state index < -0.39 is 0 Å². The van der Waals surface area contributed by atoms with Crippen LogP contribution in [0.4, 0.5) is 11.4 Å². The van der Waals surface area contributed by atoms with E-state index in [0.717, 1.165) is 17.1 Å². The Labute approximate surface area is 84.0 Å². The zero-order valence-electron chi connectivity index (χ0n) is 7.92. The van der Waals surface area contributed by atoms with Crippen LogP contribution in [0.25, 0.3) is 0 Å². The summed E-state index contributed by atoms with van der Waals surface area (Å²) in [6.07, 6.45) is 2.50. The van der Waals surface area contributed by atoms with Crippen LogP contribution in [0.2, 0.25) is 0 Å². The summed E-state index contributed by atoms with van der Waals surface area (Å²) < 4.78 is 3.27. The van der Waals surface area contributed by atoms with Crippen LogP contribution in [0.1, 0.15) is 19.8 Å². The Morgan fingerprint density at radius 1 is 1.31 bits per heavy atom. The molecule has 0 amide bonds. The lowest BCUT2D eigenvalue weighted by atomic mass is 10.3. The first kappa shape index (κ1) is 10.3. The largest absolute Gasteiger partial charge is 0.399 e. The lowest BCUT2D eigenvalue weighted by molar-refractivity contribution is 0.897. The zero-order valence-corrected chi connectivity index (χ0v) is 8.73. The van der Waals surface area contributed by atoms with Crippen LogP contribution < -0.4 is 10.5 Å². The molecule has 2 nitrogen and oxygen atoms in total. The highest BCUT2D eigenvalue weighted by Gasteiger charge is 1.91. The van der Waals surface area contributed by atoms with Gasteiger partial charge in [-0.2, -0.15) is 0 Å². The van der Waals surface area contributed by atoms with Gasteiger partial charge in [0, 0.05) is 17.1 Å². The molecule has 0 heterocycles. The third-order valence-corrected chi connectivity index (χ3v) is 2.57. The lowest BCUT2D eigenvalue weighted by Gasteiger charge is -2.04. The van der Waals surface area contributed by atoms with E-state index in [1.807, 2.05) is 24.3 Å². The number of nitrogens with one attached hydrogen (secondary N) is 1. The second kappa shape index (κ2) is 5.75. The van der Waals surface area contributed by atoms with Gasteiger partial charge < -0.3 is 10.5 Å². The minimum absolute atomic E-state index is 0.809. The van der Waals surface area contributed by atoms with Crippen molar-refractivity contribution in [2.75, 3.05) is 16.2 Å². The Kier molecular flexibility index (Phi) is 4.54. The summed E-state index contributed by atoms with van der Waals surface area (Å²) in [5.41, 5.74) is 7.50. The van der Waals surface area contributed by atoms with Gasteiger partial charge in [-0.1, -0.05) is 25.3 Å². The molecule has 0 aliphatic rings. The third-order valence-electron chi connectivity index (χ3n) is 1.70. The molecule has 0 radical (unpaired) electrons. The van der Waals surface area contributed by atoms with Gasteiger partial charge in [-0.25, -0.2) is 0 Å². The second-order valence-electron chi connectivity index (χ2n) is 2.93. The summed E-state index contributed by atoms with van der Waals surface area (Å²) in [4.78, 5) is 0. The average molecular weight is 196 g/mol. The molecule has 0 aromatic heterocycles. The quantitative estimate of drug-likeness (QED) is 0.431. The number of benzene rings is 1. The molecule has 0 atom stereocenters. The average Bonchev–Trinajstić information content (AvgIpc) is 2.15. The molecule has 3 heteroatoms. The normalized spacial score (nSPS) is 9.92. The molecule has 3 N–H and O–H groups in total.